The van der Waals surface area contributed by atoms with E-state index >= 15 is 0 Å². The average Bonchev–Trinajstić information content (AvgIpc) is 2.54. The van der Waals surface area contributed by atoms with E-state index in [9.17, 15) is 0 Å². The SMILES string of the molecule is [C-]#[N+]c1cccc2c(C(C)(C)C)cc(C(C)(C)C)c-2c1. The minimum atomic E-state index is 0.0788. The van der Waals surface area contributed by atoms with Gasteiger partial charge in [0.2, 0.25) is 0 Å². The zero-order valence-corrected chi connectivity index (χ0v) is 13.3. The molecule has 0 spiro atoms. The Kier molecular flexibility index (Phi) is 3.38. The van der Waals surface area contributed by atoms with Crippen molar-refractivity contribution in [2.45, 2.75) is 52.4 Å². The Morgan fingerprint density at radius 1 is 0.800 bits per heavy atom. The molecule has 0 radical (unpaired) electrons. The number of hydrogen-bond acceptors (Lipinski definition) is 0. The lowest BCUT2D eigenvalue weighted by molar-refractivity contribution is 0.581. The van der Waals surface area contributed by atoms with Gasteiger partial charge in [0.05, 0.1) is 6.57 Å². The lowest BCUT2D eigenvalue weighted by Gasteiger charge is -2.19. The second-order valence-electron chi connectivity index (χ2n) is 7.51. The van der Waals surface area contributed by atoms with Crippen LogP contribution < -0.4 is 0 Å². The fourth-order valence-electron chi connectivity index (χ4n) is 2.67. The van der Waals surface area contributed by atoms with Gasteiger partial charge in [-0.05, 0) is 39.2 Å². The van der Waals surface area contributed by atoms with Crippen LogP contribution in [0.25, 0.3) is 16.0 Å². The lowest BCUT2D eigenvalue weighted by Crippen LogP contribution is -2.11. The van der Waals surface area contributed by atoms with Crippen molar-refractivity contribution >= 4 is 5.69 Å². The molecule has 0 heterocycles. The van der Waals surface area contributed by atoms with Gasteiger partial charge in [-0.25, -0.2) is 4.85 Å². The van der Waals surface area contributed by atoms with E-state index in [2.05, 4.69) is 58.5 Å². The summed E-state index contributed by atoms with van der Waals surface area (Å²) in [6, 6.07) is 10.4. The fraction of sp³-hybridized carbons (Fsp3) is 0.421. The van der Waals surface area contributed by atoms with Crippen molar-refractivity contribution in [3.8, 4) is 11.1 Å². The van der Waals surface area contributed by atoms with Crippen LogP contribution in [0.3, 0.4) is 0 Å². The second-order valence-corrected chi connectivity index (χ2v) is 7.51. The Hall–Kier alpha value is -1.81. The van der Waals surface area contributed by atoms with Crippen molar-refractivity contribution in [3.63, 3.8) is 0 Å². The van der Waals surface area contributed by atoms with Gasteiger partial charge in [-0.3, -0.25) is 0 Å². The normalized spacial score (nSPS) is 12.4. The van der Waals surface area contributed by atoms with Gasteiger partial charge >= 0.3 is 0 Å². The Bertz CT molecular complexity index is 645. The van der Waals surface area contributed by atoms with Crippen LogP contribution in [0.15, 0.2) is 30.3 Å². The summed E-state index contributed by atoms with van der Waals surface area (Å²) >= 11 is 0. The molecule has 1 heteroatoms. The molecule has 0 saturated heterocycles. The van der Waals surface area contributed by atoms with Gasteiger partial charge in [-0.2, -0.15) is 0 Å². The molecule has 0 aromatic heterocycles. The van der Waals surface area contributed by atoms with E-state index < -0.39 is 0 Å². The first kappa shape index (κ1) is 14.6. The molecule has 0 unspecified atom stereocenters. The highest BCUT2D eigenvalue weighted by Gasteiger charge is 2.28. The molecule has 0 aliphatic heterocycles. The van der Waals surface area contributed by atoms with Crippen LogP contribution >= 0.6 is 0 Å². The van der Waals surface area contributed by atoms with E-state index in [0.29, 0.717) is 5.69 Å². The summed E-state index contributed by atoms with van der Waals surface area (Å²) in [5.41, 5.74) is 6.08. The summed E-state index contributed by atoms with van der Waals surface area (Å²) in [5.74, 6) is 0. The molecular weight excluding hydrogens is 242 g/mol. The number of fused-ring (bicyclic) bond motifs is 1. The Morgan fingerprint density at radius 3 is 1.85 bits per heavy atom. The topological polar surface area (TPSA) is 4.36 Å². The predicted molar refractivity (Wildman–Crippen MR) is 86.7 cm³/mol. The van der Waals surface area contributed by atoms with Crippen molar-refractivity contribution in [1.29, 1.82) is 0 Å². The van der Waals surface area contributed by atoms with E-state index in [1.54, 1.807) is 0 Å². The highest BCUT2D eigenvalue weighted by Crippen LogP contribution is 2.44. The van der Waals surface area contributed by atoms with E-state index in [4.69, 9.17) is 6.57 Å². The van der Waals surface area contributed by atoms with Crippen LogP contribution in [0, 0.1) is 6.57 Å². The molecule has 2 rings (SSSR count). The molecule has 0 atom stereocenters. The van der Waals surface area contributed by atoms with Crippen LogP contribution in [-0.4, -0.2) is 0 Å². The molecule has 0 bridgehead atoms. The van der Waals surface area contributed by atoms with Crippen LogP contribution in [-0.2, 0) is 10.8 Å². The Balaban J connectivity index is 2.85. The van der Waals surface area contributed by atoms with Crippen molar-refractivity contribution < 1.29 is 0 Å². The first-order chi connectivity index (χ1) is 9.14. The summed E-state index contributed by atoms with van der Waals surface area (Å²) in [6.45, 7) is 20.7. The van der Waals surface area contributed by atoms with Crippen LogP contribution in [0.2, 0.25) is 0 Å². The Morgan fingerprint density at radius 2 is 1.35 bits per heavy atom. The minimum absolute atomic E-state index is 0.0788. The van der Waals surface area contributed by atoms with Crippen LogP contribution in [0.1, 0.15) is 52.7 Å². The smallest absolute Gasteiger partial charge is 0.187 e. The predicted octanol–water partition coefficient (Wildman–Crippen LogP) is 5.94. The maximum atomic E-state index is 7.28. The zero-order valence-electron chi connectivity index (χ0n) is 13.3. The van der Waals surface area contributed by atoms with E-state index in [0.717, 1.165) is 0 Å². The van der Waals surface area contributed by atoms with Gasteiger partial charge < -0.3 is 0 Å². The first-order valence-electron chi connectivity index (χ1n) is 7.10. The van der Waals surface area contributed by atoms with Crippen molar-refractivity contribution in [2.24, 2.45) is 0 Å². The standard InChI is InChI=1S/C19H23N/c1-18(2,3)16-12-17(19(4,5)6)15-11-13(20-7)9-8-10-14(15)16/h8-12H,1-6H3. The molecule has 0 aromatic rings. The summed E-state index contributed by atoms with van der Waals surface area (Å²) in [4.78, 5) is 3.61. The van der Waals surface area contributed by atoms with Crippen LogP contribution in [0.4, 0.5) is 5.69 Å². The molecule has 104 valence electrons. The zero-order chi connectivity index (χ0) is 15.1. The van der Waals surface area contributed by atoms with Crippen molar-refractivity contribution in [1.82, 2.24) is 0 Å². The third-order valence-corrected chi connectivity index (χ3v) is 3.73. The fourth-order valence-corrected chi connectivity index (χ4v) is 2.67. The molecular formula is C19H23N. The second kappa shape index (κ2) is 4.63. The lowest BCUT2D eigenvalue weighted by atomic mass is 9.85. The number of nitrogens with zero attached hydrogens (tertiary/aromatic N) is 1. The van der Waals surface area contributed by atoms with E-state index in [-0.39, 0.29) is 10.8 Å². The number of hydrogen-bond donors (Lipinski definition) is 0. The molecule has 1 nitrogen and oxygen atoms in total. The monoisotopic (exact) mass is 265 g/mol. The van der Waals surface area contributed by atoms with Gasteiger partial charge in [0.25, 0.3) is 0 Å². The van der Waals surface area contributed by atoms with Gasteiger partial charge in [0, 0.05) is 0 Å². The van der Waals surface area contributed by atoms with Crippen molar-refractivity contribution in [3.05, 3.63) is 52.9 Å². The van der Waals surface area contributed by atoms with Gasteiger partial charge in [-0.15, -0.1) is 0 Å². The van der Waals surface area contributed by atoms with Gasteiger partial charge in [0.1, 0.15) is 0 Å². The third kappa shape index (κ3) is 2.56. The average molecular weight is 265 g/mol. The molecule has 0 aromatic carbocycles. The largest absolute Gasteiger partial charge is 0.238 e. The van der Waals surface area contributed by atoms with Crippen molar-refractivity contribution in [2.75, 3.05) is 0 Å². The molecule has 0 amide bonds. The summed E-state index contributed by atoms with van der Waals surface area (Å²) in [6.07, 6.45) is 0. The van der Waals surface area contributed by atoms with Gasteiger partial charge in [-0.1, -0.05) is 65.8 Å². The third-order valence-electron chi connectivity index (χ3n) is 3.73. The molecule has 0 N–H and O–H groups in total. The molecule has 0 fully saturated rings. The summed E-state index contributed by atoms with van der Waals surface area (Å²) in [5, 5.41) is 0. The quantitative estimate of drug-likeness (QED) is 0.519. The molecule has 0 saturated carbocycles. The minimum Gasteiger partial charge on any atom is -0.238 e. The van der Waals surface area contributed by atoms with E-state index in [1.807, 2.05) is 18.2 Å². The molecule has 20 heavy (non-hydrogen) atoms. The maximum Gasteiger partial charge on any atom is 0.187 e. The highest BCUT2D eigenvalue weighted by atomic mass is 14.6. The molecule has 2 aliphatic rings. The summed E-state index contributed by atoms with van der Waals surface area (Å²) < 4.78 is 0. The van der Waals surface area contributed by atoms with Gasteiger partial charge in [0.15, 0.2) is 5.69 Å². The van der Waals surface area contributed by atoms with E-state index in [1.165, 1.54) is 22.3 Å². The summed E-state index contributed by atoms with van der Waals surface area (Å²) in [7, 11) is 0. The first-order valence-corrected chi connectivity index (χ1v) is 7.10. The highest BCUT2D eigenvalue weighted by molar-refractivity contribution is 5.79. The Labute approximate surface area is 122 Å². The molecule has 2 aliphatic carbocycles. The maximum absolute atomic E-state index is 7.28. The number of rotatable bonds is 0. The van der Waals surface area contributed by atoms with Crippen LogP contribution in [0.5, 0.6) is 0 Å².